The van der Waals surface area contributed by atoms with Gasteiger partial charge in [-0.15, -0.1) is 22.7 Å². The van der Waals surface area contributed by atoms with Gasteiger partial charge in [0.25, 0.3) is 5.91 Å². The second kappa shape index (κ2) is 12.4. The Labute approximate surface area is 249 Å². The third-order valence-electron chi connectivity index (χ3n) is 4.89. The first kappa shape index (κ1) is 29.4. The molecule has 1 unspecified atom stereocenters. The van der Waals surface area contributed by atoms with Crippen molar-refractivity contribution in [2.45, 2.75) is 26.4 Å². The number of Topliss-reactive ketones (excluding diaryl/α,β-unsaturated/α-hetero) is 1. The van der Waals surface area contributed by atoms with Crippen molar-refractivity contribution < 1.29 is 79.3 Å². The van der Waals surface area contributed by atoms with Crippen LogP contribution in [0.1, 0.15) is 50.7 Å². The number of ketones is 1. The quantitative estimate of drug-likeness (QED) is 0.214. The number of hydrogen-bond donors (Lipinski definition) is 1. The number of amides is 1. The molecule has 6 nitrogen and oxygen atoms in total. The fraction of sp³-hybridized carbons (Fsp3) is 0.217. The molecule has 0 aliphatic heterocycles. The fourth-order valence-electron chi connectivity index (χ4n) is 2.96. The normalized spacial score (nSPS) is 12.4. The van der Waals surface area contributed by atoms with Crippen LogP contribution in [-0.2, 0) is 6.18 Å². The van der Waals surface area contributed by atoms with Gasteiger partial charge in [-0.2, -0.15) is 23.5 Å². The minimum Gasteiger partial charge on any atom is -0.871 e. The van der Waals surface area contributed by atoms with Crippen molar-refractivity contribution in [2.24, 2.45) is 11.0 Å². The van der Waals surface area contributed by atoms with Crippen LogP contribution in [-0.4, -0.2) is 17.4 Å². The molecule has 0 saturated carbocycles. The summed E-state index contributed by atoms with van der Waals surface area (Å²) in [6, 6.07) is 9.15. The van der Waals surface area contributed by atoms with Crippen LogP contribution >= 0.6 is 22.7 Å². The van der Waals surface area contributed by atoms with Gasteiger partial charge in [-0.25, -0.2) is 5.43 Å². The number of rotatable bonds is 7. The Morgan fingerprint density at radius 2 is 1.80 bits per heavy atom. The van der Waals surface area contributed by atoms with E-state index in [4.69, 9.17) is 5.26 Å². The third kappa shape index (κ3) is 6.88. The fourth-order valence-corrected chi connectivity index (χ4v) is 4.85. The molecule has 2 aromatic heterocycles. The van der Waals surface area contributed by atoms with Crippen molar-refractivity contribution in [3.05, 3.63) is 62.7 Å². The number of nitriles is 1. The number of hydrazone groups is 1. The molecule has 0 aliphatic rings. The van der Waals surface area contributed by atoms with Crippen LogP contribution in [0.5, 0.6) is 5.75 Å². The van der Waals surface area contributed by atoms with Gasteiger partial charge in [0.05, 0.1) is 27.1 Å². The number of carbonyl (C=O) groups excluding carboxylic acids is 2. The number of nitrogens with one attached hydrogen (secondary N) is 1. The van der Waals surface area contributed by atoms with E-state index in [0.717, 1.165) is 34.8 Å². The maximum absolute atomic E-state index is 12.8. The summed E-state index contributed by atoms with van der Waals surface area (Å²) in [5.74, 6) is -2.12. The van der Waals surface area contributed by atoms with Crippen LogP contribution in [0, 0.1) is 17.2 Å². The summed E-state index contributed by atoms with van der Waals surface area (Å²) in [5, 5.41) is 27.2. The molecule has 1 amide bonds. The second-order valence-corrected chi connectivity index (χ2v) is 9.10. The Morgan fingerprint density at radius 1 is 1.17 bits per heavy atom. The molecule has 1 N–H and O–H groups in total. The van der Waals surface area contributed by atoms with E-state index in [2.05, 4.69) is 10.5 Å². The van der Waals surface area contributed by atoms with Gasteiger partial charge in [0.1, 0.15) is 5.92 Å². The first-order valence-corrected chi connectivity index (χ1v) is 11.6. The third-order valence-corrected chi connectivity index (χ3v) is 7.00. The zero-order valence-electron chi connectivity index (χ0n) is 18.9. The number of nitrogens with zero attached hydrogens (tertiary/aromatic N) is 2. The maximum atomic E-state index is 12.8. The molecule has 2 heterocycles. The molecule has 0 saturated heterocycles. The predicted molar refractivity (Wildman–Crippen MR) is 122 cm³/mol. The SMILES string of the molecule is CCC(C#N)C(=O)c1ccc(C(=O)N/N=C(\C)c2csc(-c3ccc(C(F)(F)F)cc3)c2[O-])s1.[K+]. The molecule has 176 valence electrons. The molecule has 0 radical (unpaired) electrons. The van der Waals surface area contributed by atoms with Crippen LogP contribution in [0.15, 0.2) is 46.9 Å². The predicted octanol–water partition coefficient (Wildman–Crippen LogP) is 2.46. The Morgan fingerprint density at radius 3 is 2.37 bits per heavy atom. The Kier molecular flexibility index (Phi) is 10.4. The van der Waals surface area contributed by atoms with Crippen molar-refractivity contribution in [1.29, 1.82) is 5.26 Å². The summed E-state index contributed by atoms with van der Waals surface area (Å²) < 4.78 is 38.3. The van der Waals surface area contributed by atoms with E-state index in [-0.39, 0.29) is 78.2 Å². The molecule has 0 fully saturated rings. The van der Waals surface area contributed by atoms with Crippen LogP contribution < -0.4 is 61.9 Å². The first-order valence-electron chi connectivity index (χ1n) is 9.91. The maximum Gasteiger partial charge on any atom is 1.00 e. The molecule has 1 atom stereocenters. The number of carbonyl (C=O) groups is 2. The molecule has 3 aromatic rings. The summed E-state index contributed by atoms with van der Waals surface area (Å²) in [5.41, 5.74) is 2.30. The van der Waals surface area contributed by atoms with Gasteiger partial charge in [-0.3, -0.25) is 9.59 Å². The van der Waals surface area contributed by atoms with Crippen molar-refractivity contribution >= 4 is 40.1 Å². The molecular formula is C23H17F3KN3O3S2. The van der Waals surface area contributed by atoms with Crippen molar-refractivity contribution in [2.75, 3.05) is 0 Å². The largest absolute Gasteiger partial charge is 1.00 e. The second-order valence-electron chi connectivity index (χ2n) is 7.14. The van der Waals surface area contributed by atoms with E-state index in [1.165, 1.54) is 36.6 Å². The van der Waals surface area contributed by atoms with Gasteiger partial charge in [-0.1, -0.05) is 24.8 Å². The summed E-state index contributed by atoms with van der Waals surface area (Å²) in [7, 11) is 0. The first-order chi connectivity index (χ1) is 16.1. The van der Waals surface area contributed by atoms with E-state index in [0.29, 0.717) is 16.9 Å². The van der Waals surface area contributed by atoms with E-state index in [1.807, 2.05) is 6.07 Å². The van der Waals surface area contributed by atoms with Gasteiger partial charge in [0.2, 0.25) is 0 Å². The van der Waals surface area contributed by atoms with Crippen molar-refractivity contribution in [3.63, 3.8) is 0 Å². The van der Waals surface area contributed by atoms with Crippen LogP contribution in [0.25, 0.3) is 10.4 Å². The van der Waals surface area contributed by atoms with E-state index in [9.17, 15) is 27.9 Å². The minimum absolute atomic E-state index is 0. The molecule has 12 heteroatoms. The van der Waals surface area contributed by atoms with Gasteiger partial charge in [0.15, 0.2) is 5.78 Å². The molecule has 0 aliphatic carbocycles. The van der Waals surface area contributed by atoms with Crippen LogP contribution in [0.4, 0.5) is 13.2 Å². The topological polar surface area (TPSA) is 105 Å². The average molecular weight is 544 g/mol. The Balaban J connectivity index is 0.00000432. The number of halogens is 3. The molecule has 0 bridgehead atoms. The van der Waals surface area contributed by atoms with E-state index in [1.54, 1.807) is 6.92 Å². The summed E-state index contributed by atoms with van der Waals surface area (Å²) in [4.78, 5) is 25.4. The minimum atomic E-state index is -4.47. The zero-order chi connectivity index (χ0) is 25.0. The van der Waals surface area contributed by atoms with E-state index >= 15 is 0 Å². The van der Waals surface area contributed by atoms with Gasteiger partial charge < -0.3 is 5.11 Å². The van der Waals surface area contributed by atoms with Crippen molar-refractivity contribution in [1.82, 2.24) is 5.43 Å². The zero-order valence-corrected chi connectivity index (χ0v) is 23.7. The smallest absolute Gasteiger partial charge is 0.871 e. The van der Waals surface area contributed by atoms with E-state index < -0.39 is 29.3 Å². The van der Waals surface area contributed by atoms with Crippen LogP contribution in [0.2, 0.25) is 0 Å². The summed E-state index contributed by atoms with van der Waals surface area (Å²) >= 11 is 2.01. The molecule has 0 spiro atoms. The summed E-state index contributed by atoms with van der Waals surface area (Å²) in [6.45, 7) is 3.24. The van der Waals surface area contributed by atoms with Crippen LogP contribution in [0.3, 0.4) is 0 Å². The van der Waals surface area contributed by atoms with Gasteiger partial charge in [0, 0.05) is 10.4 Å². The van der Waals surface area contributed by atoms with Gasteiger partial charge in [-0.05, 0) is 48.6 Å². The monoisotopic (exact) mass is 543 g/mol. The Bertz CT molecular complexity index is 1290. The molecular weight excluding hydrogens is 526 g/mol. The number of alkyl halides is 3. The number of thiophene rings is 2. The Hall–Kier alpha value is -1.85. The molecule has 1 aromatic carbocycles. The molecule has 3 rings (SSSR count). The standard InChI is InChI=1S/C23H18F3N3O3S2.K/c1-3-13(10-27)19(30)17-8-9-18(34-17)22(32)29-28-12(2)16-11-33-21(20(16)31)14-4-6-15(7-5-14)23(24,25)26;/h4-9,11,13,31H,3H2,1-2H3,(H,29,32);/q;+1/p-1/b28-12+;. The van der Waals surface area contributed by atoms with Crippen molar-refractivity contribution in [3.8, 4) is 22.3 Å². The van der Waals surface area contributed by atoms with Gasteiger partial charge >= 0.3 is 57.6 Å². The number of hydrogen-bond acceptors (Lipinski definition) is 7. The average Bonchev–Trinajstić information content (AvgIpc) is 3.45. The summed E-state index contributed by atoms with van der Waals surface area (Å²) in [6.07, 6.45) is -4.10. The number of benzene rings is 1. The molecule has 35 heavy (non-hydrogen) atoms.